The topological polar surface area (TPSA) is 30.0 Å². The van der Waals surface area contributed by atoms with Crippen molar-refractivity contribution in [2.24, 2.45) is 0 Å². The van der Waals surface area contributed by atoms with Crippen LogP contribution in [0.2, 0.25) is 5.02 Å². The van der Waals surface area contributed by atoms with Gasteiger partial charge in [0.15, 0.2) is 5.78 Å². The minimum atomic E-state index is 0.0108. The molecule has 2 rings (SSSR count). The molecule has 20 heavy (non-hydrogen) atoms. The largest absolute Gasteiger partial charge is 0.294 e. The average Bonchev–Trinajstić information content (AvgIpc) is 2.75. The Bertz CT molecular complexity index is 625. The van der Waals surface area contributed by atoms with Gasteiger partial charge in [-0.3, -0.25) is 4.79 Å². The van der Waals surface area contributed by atoms with Crippen LogP contribution in [-0.4, -0.2) is 10.8 Å². The molecule has 1 aromatic heterocycles. The lowest BCUT2D eigenvalue weighted by molar-refractivity contribution is 0.0992. The molecule has 1 aromatic carbocycles. The van der Waals surface area contributed by atoms with Gasteiger partial charge in [0.1, 0.15) is 5.01 Å². The number of hydrogen-bond acceptors (Lipinski definition) is 3. The number of carbonyl (C=O) groups excluding carboxylic acids is 1. The van der Waals surface area contributed by atoms with Crippen LogP contribution < -0.4 is 0 Å². The highest BCUT2D eigenvalue weighted by atomic mass is 79.9. The van der Waals surface area contributed by atoms with Crippen molar-refractivity contribution in [1.29, 1.82) is 0 Å². The van der Waals surface area contributed by atoms with Crippen LogP contribution in [0.4, 0.5) is 0 Å². The average molecular weight is 373 g/mol. The Hall–Kier alpha value is -0.710. The van der Waals surface area contributed by atoms with Crippen molar-refractivity contribution >= 4 is 44.7 Å². The third-order valence-corrected chi connectivity index (χ3v) is 4.34. The van der Waals surface area contributed by atoms with Crippen LogP contribution >= 0.6 is 38.9 Å². The van der Waals surface area contributed by atoms with Crippen LogP contribution in [0.3, 0.4) is 0 Å². The third kappa shape index (κ3) is 3.90. The maximum atomic E-state index is 12.3. The molecule has 0 atom stereocenters. The van der Waals surface area contributed by atoms with Crippen molar-refractivity contribution in [3.63, 3.8) is 0 Å². The molecule has 0 spiro atoms. The lowest BCUT2D eigenvalue weighted by Crippen LogP contribution is -2.12. The minimum Gasteiger partial charge on any atom is -0.294 e. The minimum absolute atomic E-state index is 0.0108. The summed E-state index contributed by atoms with van der Waals surface area (Å²) in [6.07, 6.45) is 0.313. The number of benzene rings is 1. The maximum Gasteiger partial charge on any atom is 0.169 e. The van der Waals surface area contributed by atoms with E-state index in [1.165, 1.54) is 11.3 Å². The van der Waals surface area contributed by atoms with Crippen molar-refractivity contribution in [3.05, 3.63) is 49.3 Å². The number of halogens is 2. The van der Waals surface area contributed by atoms with Gasteiger partial charge in [-0.1, -0.05) is 48.3 Å². The van der Waals surface area contributed by atoms with Crippen LogP contribution in [0.25, 0.3) is 0 Å². The summed E-state index contributed by atoms with van der Waals surface area (Å²) in [6.45, 7) is 6.34. The number of aromatic nitrogens is 1. The van der Waals surface area contributed by atoms with E-state index in [9.17, 15) is 4.79 Å². The van der Waals surface area contributed by atoms with E-state index in [1.54, 1.807) is 18.2 Å². The third-order valence-electron chi connectivity index (χ3n) is 2.82. The van der Waals surface area contributed by atoms with Gasteiger partial charge in [-0.2, -0.15) is 0 Å². The first kappa shape index (κ1) is 15.7. The molecule has 0 bridgehead atoms. The highest BCUT2D eigenvalue weighted by Crippen LogP contribution is 2.25. The molecular formula is C15H15BrClNOS. The van der Waals surface area contributed by atoms with Crippen molar-refractivity contribution in [3.8, 4) is 0 Å². The van der Waals surface area contributed by atoms with E-state index in [2.05, 4.69) is 41.7 Å². The second kappa shape index (κ2) is 5.96. The zero-order chi connectivity index (χ0) is 14.9. The SMILES string of the molecule is CC(C)(C)c1csc(CC(=O)c2cc(Cl)cc(Br)c2)n1. The van der Waals surface area contributed by atoms with Crippen molar-refractivity contribution in [2.45, 2.75) is 32.6 Å². The Kier molecular flexibility index (Phi) is 4.67. The number of Topliss-reactive ketones (excluding diaryl/α,β-unsaturated/α-hetero) is 1. The lowest BCUT2D eigenvalue weighted by atomic mass is 9.93. The summed E-state index contributed by atoms with van der Waals surface area (Å²) in [5.41, 5.74) is 1.64. The molecule has 0 fully saturated rings. The summed E-state index contributed by atoms with van der Waals surface area (Å²) in [4.78, 5) is 16.8. The standard InChI is InChI=1S/C15H15BrClNOS/c1-15(2,3)13-8-20-14(18-13)7-12(19)9-4-10(16)6-11(17)5-9/h4-6,8H,7H2,1-3H3. The van der Waals surface area contributed by atoms with Gasteiger partial charge in [0.05, 0.1) is 12.1 Å². The number of ketones is 1. The van der Waals surface area contributed by atoms with Gasteiger partial charge < -0.3 is 0 Å². The molecule has 0 unspecified atom stereocenters. The van der Waals surface area contributed by atoms with Gasteiger partial charge in [-0.15, -0.1) is 11.3 Å². The number of thiazole rings is 1. The van der Waals surface area contributed by atoms with E-state index in [4.69, 9.17) is 11.6 Å². The van der Waals surface area contributed by atoms with Gasteiger partial charge in [-0.05, 0) is 18.2 Å². The first-order chi connectivity index (χ1) is 9.25. The number of nitrogens with zero attached hydrogens (tertiary/aromatic N) is 1. The summed E-state index contributed by atoms with van der Waals surface area (Å²) < 4.78 is 0.808. The summed E-state index contributed by atoms with van der Waals surface area (Å²) in [7, 11) is 0. The lowest BCUT2D eigenvalue weighted by Gasteiger charge is -2.14. The van der Waals surface area contributed by atoms with Gasteiger partial charge in [0, 0.05) is 25.9 Å². The molecule has 5 heteroatoms. The fourth-order valence-electron chi connectivity index (χ4n) is 1.69. The Morgan fingerprint density at radius 1 is 1.35 bits per heavy atom. The van der Waals surface area contributed by atoms with Gasteiger partial charge >= 0.3 is 0 Å². The highest BCUT2D eigenvalue weighted by molar-refractivity contribution is 9.10. The van der Waals surface area contributed by atoms with Crippen LogP contribution in [0, 0.1) is 0 Å². The number of rotatable bonds is 3. The fraction of sp³-hybridized carbons (Fsp3) is 0.333. The Labute approximate surface area is 136 Å². The number of hydrogen-bond donors (Lipinski definition) is 0. The molecule has 0 saturated heterocycles. The van der Waals surface area contributed by atoms with Gasteiger partial charge in [0.2, 0.25) is 0 Å². The van der Waals surface area contributed by atoms with Crippen LogP contribution in [0.15, 0.2) is 28.1 Å². The monoisotopic (exact) mass is 371 g/mol. The molecule has 0 radical (unpaired) electrons. The molecule has 0 amide bonds. The quantitative estimate of drug-likeness (QED) is 0.686. The molecule has 106 valence electrons. The summed E-state index contributed by atoms with van der Waals surface area (Å²) in [5, 5.41) is 3.42. The van der Waals surface area contributed by atoms with E-state index in [0.29, 0.717) is 17.0 Å². The fourth-order valence-corrected chi connectivity index (χ4v) is 3.57. The van der Waals surface area contributed by atoms with Crippen molar-refractivity contribution < 1.29 is 4.79 Å². The van der Waals surface area contributed by atoms with Crippen LogP contribution in [0.5, 0.6) is 0 Å². The second-order valence-electron chi connectivity index (χ2n) is 5.63. The van der Waals surface area contributed by atoms with E-state index < -0.39 is 0 Å². The highest BCUT2D eigenvalue weighted by Gasteiger charge is 2.19. The predicted octanol–water partition coefficient (Wildman–Crippen LogP) is 5.28. The molecular weight excluding hydrogens is 358 g/mol. The van der Waals surface area contributed by atoms with E-state index in [1.807, 2.05) is 5.38 Å². The molecule has 0 saturated carbocycles. The smallest absolute Gasteiger partial charge is 0.169 e. The van der Waals surface area contributed by atoms with Gasteiger partial charge in [0.25, 0.3) is 0 Å². The van der Waals surface area contributed by atoms with Crippen LogP contribution in [-0.2, 0) is 11.8 Å². The van der Waals surface area contributed by atoms with Crippen molar-refractivity contribution in [1.82, 2.24) is 4.98 Å². The molecule has 2 aromatic rings. The van der Waals surface area contributed by atoms with E-state index in [-0.39, 0.29) is 11.2 Å². The maximum absolute atomic E-state index is 12.3. The Morgan fingerprint density at radius 2 is 2.05 bits per heavy atom. The summed E-state index contributed by atoms with van der Waals surface area (Å²) in [5.74, 6) is 0.0306. The van der Waals surface area contributed by atoms with Crippen LogP contribution in [0.1, 0.15) is 41.8 Å². The molecule has 2 nitrogen and oxygen atoms in total. The van der Waals surface area contributed by atoms with Gasteiger partial charge in [-0.25, -0.2) is 4.98 Å². The normalized spacial score (nSPS) is 11.7. The van der Waals surface area contributed by atoms with E-state index in [0.717, 1.165) is 15.2 Å². The Morgan fingerprint density at radius 3 is 2.60 bits per heavy atom. The van der Waals surface area contributed by atoms with Crippen molar-refractivity contribution in [2.75, 3.05) is 0 Å². The van der Waals surface area contributed by atoms with E-state index >= 15 is 0 Å². The molecule has 0 aliphatic rings. The zero-order valence-electron chi connectivity index (χ0n) is 11.5. The molecule has 0 aliphatic carbocycles. The molecule has 1 heterocycles. The summed E-state index contributed by atoms with van der Waals surface area (Å²) in [6, 6.07) is 5.23. The predicted molar refractivity (Wildman–Crippen MR) is 88.0 cm³/mol. The first-order valence-corrected chi connectivity index (χ1v) is 8.25. The molecule has 0 N–H and O–H groups in total. The molecule has 0 aliphatic heterocycles. The summed E-state index contributed by atoms with van der Waals surface area (Å²) >= 11 is 10.8. The second-order valence-corrected chi connectivity index (χ2v) is 7.93. The first-order valence-electron chi connectivity index (χ1n) is 6.20. The number of carbonyl (C=O) groups is 1. The Balaban J connectivity index is 2.17. The zero-order valence-corrected chi connectivity index (χ0v) is 14.7.